The Morgan fingerprint density at radius 2 is 1.90 bits per heavy atom. The summed E-state index contributed by atoms with van der Waals surface area (Å²) in [6, 6.07) is 4.39. The van der Waals surface area contributed by atoms with Crippen LogP contribution in [0.1, 0.15) is 55.7 Å². The van der Waals surface area contributed by atoms with Crippen molar-refractivity contribution in [3.8, 4) is 0 Å². The summed E-state index contributed by atoms with van der Waals surface area (Å²) >= 11 is 0. The molecule has 1 aromatic heterocycles. The largest absolute Gasteiger partial charge is 0.481 e. The van der Waals surface area contributed by atoms with Crippen LogP contribution in [-0.2, 0) is 20.9 Å². The molecule has 0 spiro atoms. The van der Waals surface area contributed by atoms with E-state index >= 15 is 0 Å². The van der Waals surface area contributed by atoms with Gasteiger partial charge in [0.2, 0.25) is 0 Å². The van der Waals surface area contributed by atoms with Crippen LogP contribution < -0.4 is 5.32 Å². The van der Waals surface area contributed by atoms with Crippen molar-refractivity contribution in [3.63, 3.8) is 0 Å². The standard InChI is InChI=1S/C21H26F3N3O4/c1-4-13(9-19(28)29)14-6-7-16(20(31-5-2)21(22,23)24)17(8-14)27-15-10-25-18(12-30-3)26-11-15/h6-8,10-11,13,20,27H,4-5,9,12H2,1-3H3,(H,28,29). The number of rotatable bonds is 11. The van der Waals surface area contributed by atoms with Gasteiger partial charge < -0.3 is 19.9 Å². The number of alkyl halides is 3. The number of carbonyl (C=O) groups is 1. The van der Waals surface area contributed by atoms with Crippen molar-refractivity contribution in [2.45, 2.75) is 51.5 Å². The molecule has 10 heteroatoms. The third-order valence-corrected chi connectivity index (χ3v) is 4.63. The van der Waals surface area contributed by atoms with Crippen molar-refractivity contribution in [1.82, 2.24) is 9.97 Å². The Balaban J connectivity index is 2.49. The number of hydrogen-bond donors (Lipinski definition) is 2. The first-order valence-electron chi connectivity index (χ1n) is 9.80. The Hall–Kier alpha value is -2.72. The molecule has 0 aliphatic heterocycles. The van der Waals surface area contributed by atoms with E-state index in [-0.39, 0.29) is 36.8 Å². The minimum absolute atomic E-state index is 0.107. The van der Waals surface area contributed by atoms with Gasteiger partial charge in [0.25, 0.3) is 0 Å². The highest BCUT2D eigenvalue weighted by Gasteiger charge is 2.43. The molecular weight excluding hydrogens is 415 g/mol. The van der Waals surface area contributed by atoms with Gasteiger partial charge in [-0.3, -0.25) is 4.79 Å². The van der Waals surface area contributed by atoms with Gasteiger partial charge in [0, 0.05) is 25.0 Å². The van der Waals surface area contributed by atoms with Crippen LogP contribution in [0.5, 0.6) is 0 Å². The number of carboxylic acid groups (broad SMARTS) is 1. The molecule has 2 N–H and O–H groups in total. The monoisotopic (exact) mass is 441 g/mol. The lowest BCUT2D eigenvalue weighted by Gasteiger charge is -2.25. The van der Waals surface area contributed by atoms with Crippen LogP contribution in [0.4, 0.5) is 24.5 Å². The fourth-order valence-corrected chi connectivity index (χ4v) is 3.18. The molecule has 0 radical (unpaired) electrons. The first kappa shape index (κ1) is 24.5. The second kappa shape index (κ2) is 11.1. The van der Waals surface area contributed by atoms with Crippen LogP contribution in [0.3, 0.4) is 0 Å². The number of methoxy groups -OCH3 is 1. The predicted molar refractivity (Wildman–Crippen MR) is 108 cm³/mol. The van der Waals surface area contributed by atoms with E-state index in [9.17, 15) is 18.0 Å². The number of nitrogens with zero attached hydrogens (tertiary/aromatic N) is 2. The molecular formula is C21H26F3N3O4. The highest BCUT2D eigenvalue weighted by Crippen LogP contribution is 2.41. The number of carboxylic acids is 1. The van der Waals surface area contributed by atoms with E-state index < -0.39 is 18.2 Å². The van der Waals surface area contributed by atoms with Crippen molar-refractivity contribution in [2.24, 2.45) is 0 Å². The normalized spacial score (nSPS) is 13.6. The minimum Gasteiger partial charge on any atom is -0.481 e. The van der Waals surface area contributed by atoms with Gasteiger partial charge in [0.05, 0.1) is 24.5 Å². The summed E-state index contributed by atoms with van der Waals surface area (Å²) in [4.78, 5) is 19.4. The van der Waals surface area contributed by atoms with Crippen molar-refractivity contribution in [3.05, 3.63) is 47.5 Å². The summed E-state index contributed by atoms with van der Waals surface area (Å²) in [5, 5.41) is 12.1. The van der Waals surface area contributed by atoms with Crippen molar-refractivity contribution in [1.29, 1.82) is 0 Å². The van der Waals surface area contributed by atoms with E-state index in [1.54, 1.807) is 0 Å². The smallest absolute Gasteiger partial charge is 0.418 e. The molecule has 0 amide bonds. The molecule has 0 fully saturated rings. The van der Waals surface area contributed by atoms with Crippen LogP contribution >= 0.6 is 0 Å². The summed E-state index contributed by atoms with van der Waals surface area (Å²) in [6.07, 6.45) is -3.49. The molecule has 7 nitrogen and oxygen atoms in total. The molecule has 0 saturated heterocycles. The van der Waals surface area contributed by atoms with E-state index in [2.05, 4.69) is 15.3 Å². The second-order valence-electron chi connectivity index (χ2n) is 6.87. The number of anilines is 2. The van der Waals surface area contributed by atoms with Crippen molar-refractivity contribution >= 4 is 17.3 Å². The van der Waals surface area contributed by atoms with Gasteiger partial charge in [-0.25, -0.2) is 9.97 Å². The van der Waals surface area contributed by atoms with E-state index in [1.165, 1.54) is 44.6 Å². The molecule has 1 aromatic carbocycles. The molecule has 0 aliphatic carbocycles. The average molecular weight is 441 g/mol. The maximum absolute atomic E-state index is 13.7. The maximum atomic E-state index is 13.7. The van der Waals surface area contributed by atoms with Gasteiger partial charge >= 0.3 is 12.1 Å². The summed E-state index contributed by atoms with van der Waals surface area (Å²) in [5.74, 6) is -0.893. The molecule has 2 rings (SSSR count). The van der Waals surface area contributed by atoms with Crippen LogP contribution in [-0.4, -0.2) is 40.9 Å². The number of ether oxygens (including phenoxy) is 2. The Morgan fingerprint density at radius 1 is 1.23 bits per heavy atom. The SMILES string of the molecule is CCOC(c1ccc(C(CC)CC(=O)O)cc1Nc1cnc(COC)nc1)C(F)(F)F. The Morgan fingerprint density at radius 3 is 2.42 bits per heavy atom. The van der Waals surface area contributed by atoms with Crippen LogP contribution in [0.25, 0.3) is 0 Å². The number of nitrogens with one attached hydrogen (secondary N) is 1. The number of aliphatic carboxylic acids is 1. The molecule has 2 unspecified atom stereocenters. The molecule has 0 bridgehead atoms. The Bertz CT molecular complexity index is 860. The fraction of sp³-hybridized carbons (Fsp3) is 0.476. The molecule has 31 heavy (non-hydrogen) atoms. The quantitative estimate of drug-likeness (QED) is 0.508. The summed E-state index contributed by atoms with van der Waals surface area (Å²) in [6.45, 7) is 3.39. The van der Waals surface area contributed by atoms with Gasteiger partial charge in [-0.05, 0) is 30.9 Å². The second-order valence-corrected chi connectivity index (χ2v) is 6.87. The zero-order valence-electron chi connectivity index (χ0n) is 17.6. The average Bonchev–Trinajstić information content (AvgIpc) is 2.71. The number of halogens is 3. The molecule has 0 saturated carbocycles. The Labute approximate surface area is 178 Å². The summed E-state index contributed by atoms with van der Waals surface area (Å²) < 4.78 is 51.0. The third-order valence-electron chi connectivity index (χ3n) is 4.63. The summed E-state index contributed by atoms with van der Waals surface area (Å²) in [7, 11) is 1.50. The highest BCUT2D eigenvalue weighted by atomic mass is 19.4. The predicted octanol–water partition coefficient (Wildman–Crippen LogP) is 4.97. The maximum Gasteiger partial charge on any atom is 0.418 e. The van der Waals surface area contributed by atoms with Gasteiger partial charge in [-0.2, -0.15) is 13.2 Å². The van der Waals surface area contributed by atoms with Gasteiger partial charge in [0.1, 0.15) is 6.61 Å². The Kier molecular flexibility index (Phi) is 8.76. The van der Waals surface area contributed by atoms with Crippen LogP contribution in [0, 0.1) is 0 Å². The van der Waals surface area contributed by atoms with E-state index in [0.29, 0.717) is 23.5 Å². The minimum atomic E-state index is -4.63. The summed E-state index contributed by atoms with van der Waals surface area (Å²) in [5.41, 5.74) is 1.04. The molecule has 0 aliphatic rings. The number of hydrogen-bond acceptors (Lipinski definition) is 6. The van der Waals surface area contributed by atoms with Gasteiger partial charge in [-0.1, -0.05) is 19.1 Å². The van der Waals surface area contributed by atoms with Crippen LogP contribution in [0.2, 0.25) is 0 Å². The van der Waals surface area contributed by atoms with E-state index in [0.717, 1.165) is 0 Å². The molecule has 2 aromatic rings. The van der Waals surface area contributed by atoms with E-state index in [1.807, 2.05) is 6.92 Å². The first-order valence-corrected chi connectivity index (χ1v) is 9.80. The number of benzene rings is 1. The molecule has 1 heterocycles. The zero-order valence-corrected chi connectivity index (χ0v) is 17.6. The van der Waals surface area contributed by atoms with Crippen molar-refractivity contribution in [2.75, 3.05) is 19.0 Å². The van der Waals surface area contributed by atoms with Crippen LogP contribution in [0.15, 0.2) is 30.6 Å². The fourth-order valence-electron chi connectivity index (χ4n) is 3.18. The molecule has 2 atom stereocenters. The van der Waals surface area contributed by atoms with Gasteiger partial charge in [0.15, 0.2) is 11.9 Å². The lowest BCUT2D eigenvalue weighted by molar-refractivity contribution is -0.222. The first-order chi connectivity index (χ1) is 14.7. The van der Waals surface area contributed by atoms with Gasteiger partial charge in [-0.15, -0.1) is 0 Å². The van der Waals surface area contributed by atoms with Crippen molar-refractivity contribution < 1.29 is 32.5 Å². The lowest BCUT2D eigenvalue weighted by atomic mass is 9.91. The highest BCUT2D eigenvalue weighted by molar-refractivity contribution is 5.69. The third kappa shape index (κ3) is 6.90. The topological polar surface area (TPSA) is 93.6 Å². The molecule has 170 valence electrons. The lowest BCUT2D eigenvalue weighted by Crippen LogP contribution is -2.24. The number of aromatic nitrogens is 2. The zero-order chi connectivity index (χ0) is 23.0. The van der Waals surface area contributed by atoms with E-state index in [4.69, 9.17) is 14.6 Å².